The zero-order valence-electron chi connectivity index (χ0n) is 18.1. The second-order valence-corrected chi connectivity index (χ2v) is 7.79. The van der Waals surface area contributed by atoms with E-state index in [2.05, 4.69) is 5.32 Å². The van der Waals surface area contributed by atoms with Crippen LogP contribution < -0.4 is 10.2 Å². The minimum absolute atomic E-state index is 0.0132. The molecule has 1 fully saturated rings. The van der Waals surface area contributed by atoms with E-state index in [0.29, 0.717) is 37.6 Å². The van der Waals surface area contributed by atoms with Crippen LogP contribution in [0.1, 0.15) is 34.6 Å². The largest absolute Gasteiger partial charge is 0.467 e. The number of hydrogen-bond acceptors (Lipinski definition) is 6. The van der Waals surface area contributed by atoms with Gasteiger partial charge in [0.1, 0.15) is 17.5 Å². The molecule has 1 aliphatic heterocycles. The Morgan fingerprint density at radius 1 is 1.03 bits per heavy atom. The van der Waals surface area contributed by atoms with Gasteiger partial charge in [0.15, 0.2) is 0 Å². The lowest BCUT2D eigenvalue weighted by Gasteiger charge is -2.35. The van der Waals surface area contributed by atoms with E-state index in [4.69, 9.17) is 4.42 Å². The first-order chi connectivity index (χ1) is 15.9. The Morgan fingerprint density at radius 3 is 2.36 bits per heavy atom. The fourth-order valence-electron chi connectivity index (χ4n) is 3.97. The predicted octanol–water partition coefficient (Wildman–Crippen LogP) is 3.38. The van der Waals surface area contributed by atoms with Gasteiger partial charge in [-0.05, 0) is 29.8 Å². The van der Waals surface area contributed by atoms with Crippen molar-refractivity contribution in [2.45, 2.75) is 13.0 Å². The summed E-state index contributed by atoms with van der Waals surface area (Å²) in [6.45, 7) is 3.48. The number of nitrogens with one attached hydrogen (secondary N) is 1. The highest BCUT2D eigenvalue weighted by molar-refractivity contribution is 5.96. The molecule has 1 unspecified atom stereocenters. The van der Waals surface area contributed by atoms with Crippen LogP contribution in [0.15, 0.2) is 71.3 Å². The maximum Gasteiger partial charge on any atom is 0.293 e. The molecular formula is C24H24N4O5. The van der Waals surface area contributed by atoms with Gasteiger partial charge in [-0.2, -0.15) is 0 Å². The zero-order valence-corrected chi connectivity index (χ0v) is 18.1. The number of hydrogen-bond donors (Lipinski definition) is 1. The van der Waals surface area contributed by atoms with Gasteiger partial charge in [-0.3, -0.25) is 19.7 Å². The molecule has 1 aromatic heterocycles. The highest BCUT2D eigenvalue weighted by Crippen LogP contribution is 2.31. The molecule has 4 rings (SSSR count). The number of carbonyl (C=O) groups is 2. The molecule has 1 aliphatic rings. The Balaban J connectivity index is 1.57. The molecule has 0 bridgehead atoms. The lowest BCUT2D eigenvalue weighted by Crippen LogP contribution is -2.48. The maximum atomic E-state index is 13.1. The molecule has 2 amide bonds. The van der Waals surface area contributed by atoms with Crippen molar-refractivity contribution >= 4 is 23.2 Å². The summed E-state index contributed by atoms with van der Waals surface area (Å²) in [5.41, 5.74) is 1.30. The Morgan fingerprint density at radius 2 is 1.76 bits per heavy atom. The summed E-state index contributed by atoms with van der Waals surface area (Å²) >= 11 is 0. The summed E-state index contributed by atoms with van der Waals surface area (Å²) in [4.78, 5) is 39.5. The van der Waals surface area contributed by atoms with Crippen LogP contribution in [0.25, 0.3) is 0 Å². The summed E-state index contributed by atoms with van der Waals surface area (Å²) in [5.74, 6) is 0.0982. The third kappa shape index (κ3) is 4.87. The SMILES string of the molecule is CC(=O)N1CCN(c2ccc(C(=O)NC(c3ccccc3)c3ccco3)cc2[N+](=O)[O-])CC1. The number of anilines is 1. The van der Waals surface area contributed by atoms with Gasteiger partial charge in [0, 0.05) is 44.7 Å². The summed E-state index contributed by atoms with van der Waals surface area (Å²) in [6.07, 6.45) is 1.53. The van der Waals surface area contributed by atoms with Crippen LogP contribution in [0.3, 0.4) is 0 Å². The molecule has 0 spiro atoms. The van der Waals surface area contributed by atoms with Gasteiger partial charge in [0.2, 0.25) is 5.91 Å². The number of nitro benzene ring substituents is 1. The Hall–Kier alpha value is -4.14. The number of nitro groups is 1. The predicted molar refractivity (Wildman–Crippen MR) is 122 cm³/mol. The average molecular weight is 448 g/mol. The highest BCUT2D eigenvalue weighted by Gasteiger charge is 2.27. The number of amides is 2. The van der Waals surface area contributed by atoms with E-state index in [0.717, 1.165) is 5.56 Å². The summed E-state index contributed by atoms with van der Waals surface area (Å²) in [7, 11) is 0. The van der Waals surface area contributed by atoms with Crippen LogP contribution in [0, 0.1) is 10.1 Å². The smallest absolute Gasteiger partial charge is 0.293 e. The van der Waals surface area contributed by atoms with E-state index in [1.807, 2.05) is 35.2 Å². The molecule has 2 heterocycles. The third-order valence-corrected chi connectivity index (χ3v) is 5.74. The second-order valence-electron chi connectivity index (χ2n) is 7.79. The van der Waals surface area contributed by atoms with Crippen LogP contribution in [-0.4, -0.2) is 47.8 Å². The van der Waals surface area contributed by atoms with E-state index < -0.39 is 16.9 Å². The highest BCUT2D eigenvalue weighted by atomic mass is 16.6. The Kier molecular flexibility index (Phi) is 6.39. The number of furan rings is 1. The van der Waals surface area contributed by atoms with Gasteiger partial charge < -0.3 is 19.5 Å². The van der Waals surface area contributed by atoms with Crippen LogP contribution in [-0.2, 0) is 4.79 Å². The van der Waals surface area contributed by atoms with Crippen molar-refractivity contribution in [2.75, 3.05) is 31.1 Å². The lowest BCUT2D eigenvalue weighted by atomic mass is 10.0. The van der Waals surface area contributed by atoms with E-state index >= 15 is 0 Å². The van der Waals surface area contributed by atoms with Gasteiger partial charge in [0.05, 0.1) is 11.2 Å². The fraction of sp³-hybridized carbons (Fsp3) is 0.250. The molecule has 1 N–H and O–H groups in total. The standard InChI is InChI=1S/C24H24N4O5/c1-17(29)26-11-13-27(14-12-26)20-10-9-19(16-21(20)28(31)32)24(30)25-23(22-8-5-15-33-22)18-6-3-2-4-7-18/h2-10,15-16,23H,11-14H2,1H3,(H,25,30). The molecule has 9 nitrogen and oxygen atoms in total. The van der Waals surface area contributed by atoms with Crippen molar-refractivity contribution in [1.82, 2.24) is 10.2 Å². The number of carbonyl (C=O) groups excluding carboxylic acids is 2. The molecule has 170 valence electrons. The fourth-order valence-corrected chi connectivity index (χ4v) is 3.97. The van der Waals surface area contributed by atoms with Crippen LogP contribution >= 0.6 is 0 Å². The number of piperazine rings is 1. The summed E-state index contributed by atoms with van der Waals surface area (Å²) < 4.78 is 5.52. The number of benzene rings is 2. The average Bonchev–Trinajstić information content (AvgIpc) is 3.37. The van der Waals surface area contributed by atoms with E-state index in [1.165, 1.54) is 19.3 Å². The molecule has 3 aromatic rings. The van der Waals surface area contributed by atoms with E-state index in [-0.39, 0.29) is 17.2 Å². The molecule has 1 atom stereocenters. The van der Waals surface area contributed by atoms with Crippen molar-refractivity contribution < 1.29 is 18.9 Å². The van der Waals surface area contributed by atoms with Gasteiger partial charge >= 0.3 is 0 Å². The van der Waals surface area contributed by atoms with Gasteiger partial charge in [-0.15, -0.1) is 0 Å². The Labute approximate surface area is 190 Å². The number of nitrogens with zero attached hydrogens (tertiary/aromatic N) is 3. The maximum absolute atomic E-state index is 13.1. The molecule has 33 heavy (non-hydrogen) atoms. The first-order valence-corrected chi connectivity index (χ1v) is 10.6. The molecule has 2 aromatic carbocycles. The van der Waals surface area contributed by atoms with Gasteiger partial charge in [0.25, 0.3) is 11.6 Å². The second kappa shape index (κ2) is 9.56. The first-order valence-electron chi connectivity index (χ1n) is 10.6. The molecule has 1 saturated heterocycles. The van der Waals surface area contributed by atoms with Crippen molar-refractivity contribution in [1.29, 1.82) is 0 Å². The zero-order chi connectivity index (χ0) is 23.4. The minimum Gasteiger partial charge on any atom is -0.467 e. The minimum atomic E-state index is -0.535. The Bertz CT molecular complexity index is 1140. The number of rotatable bonds is 6. The van der Waals surface area contributed by atoms with Crippen LogP contribution in [0.2, 0.25) is 0 Å². The quantitative estimate of drug-likeness (QED) is 0.457. The normalized spacial score (nSPS) is 14.6. The molecule has 9 heteroatoms. The van der Waals surface area contributed by atoms with Crippen molar-refractivity contribution in [3.05, 3.63) is 93.9 Å². The van der Waals surface area contributed by atoms with Gasteiger partial charge in [-0.1, -0.05) is 30.3 Å². The molecule has 0 radical (unpaired) electrons. The summed E-state index contributed by atoms with van der Waals surface area (Å²) in [6, 6.07) is 16.8. The van der Waals surface area contributed by atoms with Crippen LogP contribution in [0.4, 0.5) is 11.4 Å². The molecule has 0 saturated carbocycles. The lowest BCUT2D eigenvalue weighted by molar-refractivity contribution is -0.384. The molecular weight excluding hydrogens is 424 g/mol. The third-order valence-electron chi connectivity index (χ3n) is 5.74. The monoisotopic (exact) mass is 448 g/mol. The molecule has 0 aliphatic carbocycles. The first kappa shape index (κ1) is 22.1. The van der Waals surface area contributed by atoms with Crippen molar-refractivity contribution in [2.24, 2.45) is 0 Å². The van der Waals surface area contributed by atoms with E-state index in [9.17, 15) is 19.7 Å². The topological polar surface area (TPSA) is 109 Å². The van der Waals surface area contributed by atoms with Crippen molar-refractivity contribution in [3.63, 3.8) is 0 Å². The summed E-state index contributed by atoms with van der Waals surface area (Å²) in [5, 5.41) is 14.7. The van der Waals surface area contributed by atoms with Crippen molar-refractivity contribution in [3.8, 4) is 0 Å². The van der Waals surface area contributed by atoms with Crippen LogP contribution in [0.5, 0.6) is 0 Å². The van der Waals surface area contributed by atoms with Gasteiger partial charge in [-0.25, -0.2) is 0 Å². The van der Waals surface area contributed by atoms with E-state index in [1.54, 1.807) is 29.2 Å².